The lowest BCUT2D eigenvalue weighted by atomic mass is 10.1. The molecule has 12 heteroatoms. The quantitative estimate of drug-likeness (QED) is 0.378. The van der Waals surface area contributed by atoms with Crippen LogP contribution in [0, 0.1) is 0 Å². The Hall–Kier alpha value is -3.35. The standard InChI is InChI=1S/C17H19N5O7/c18-14(26)15-20-8-22(21-15)17-13(25)12(24)10(29-17)7-28-11(23)6-19-16(27)9-4-2-1-3-5-9/h1-5,8,10,12-13,17,24-25H,6-7H2,(H2,18,26)(H,19,27)/t10-,12-,13-,17-/m1/s1. The molecule has 5 N–H and O–H groups in total. The number of hydrogen-bond donors (Lipinski definition) is 4. The Bertz CT molecular complexity index is 887. The van der Waals surface area contributed by atoms with E-state index in [0.29, 0.717) is 5.56 Å². The van der Waals surface area contributed by atoms with Gasteiger partial charge in [0.1, 0.15) is 37.8 Å². The second-order valence-corrected chi connectivity index (χ2v) is 6.19. The van der Waals surface area contributed by atoms with E-state index in [1.54, 1.807) is 30.3 Å². The normalized spacial score (nSPS) is 23.5. The van der Waals surface area contributed by atoms with Gasteiger partial charge in [0.05, 0.1) is 0 Å². The molecule has 1 aliphatic rings. The average Bonchev–Trinajstić information content (AvgIpc) is 3.31. The van der Waals surface area contributed by atoms with Crippen molar-refractivity contribution in [2.45, 2.75) is 24.5 Å². The monoisotopic (exact) mass is 405 g/mol. The molecule has 1 saturated heterocycles. The van der Waals surface area contributed by atoms with Crippen molar-refractivity contribution >= 4 is 17.8 Å². The summed E-state index contributed by atoms with van der Waals surface area (Å²) in [6.45, 7) is -0.750. The number of nitrogens with zero attached hydrogens (tertiary/aromatic N) is 3. The first kappa shape index (κ1) is 20.4. The van der Waals surface area contributed by atoms with Crippen LogP contribution in [0.15, 0.2) is 36.7 Å². The maximum absolute atomic E-state index is 11.9. The SMILES string of the molecule is NC(=O)c1ncn([C@@H]2O[C@H](COC(=O)CNC(=O)c3ccccc3)[C@@H](O)[C@H]2O)n1. The molecule has 2 heterocycles. The number of rotatable bonds is 7. The van der Waals surface area contributed by atoms with Crippen LogP contribution in [0.5, 0.6) is 0 Å². The molecule has 1 fully saturated rings. The summed E-state index contributed by atoms with van der Waals surface area (Å²) in [5.41, 5.74) is 5.46. The number of hydrogen-bond acceptors (Lipinski definition) is 9. The highest BCUT2D eigenvalue weighted by atomic mass is 16.6. The van der Waals surface area contributed by atoms with E-state index in [4.69, 9.17) is 15.2 Å². The minimum Gasteiger partial charge on any atom is -0.461 e. The first-order chi connectivity index (χ1) is 13.9. The van der Waals surface area contributed by atoms with E-state index in [2.05, 4.69) is 15.4 Å². The van der Waals surface area contributed by atoms with Crippen molar-refractivity contribution in [1.82, 2.24) is 20.1 Å². The van der Waals surface area contributed by atoms with Gasteiger partial charge in [-0.2, -0.15) is 0 Å². The Morgan fingerprint density at radius 1 is 1.21 bits per heavy atom. The largest absolute Gasteiger partial charge is 0.461 e. The molecule has 2 aromatic rings. The van der Waals surface area contributed by atoms with E-state index in [1.807, 2.05) is 0 Å². The predicted molar refractivity (Wildman–Crippen MR) is 94.2 cm³/mol. The summed E-state index contributed by atoms with van der Waals surface area (Å²) in [5, 5.41) is 26.4. The maximum Gasteiger partial charge on any atom is 0.325 e. The van der Waals surface area contributed by atoms with Gasteiger partial charge in [0, 0.05) is 5.56 Å². The summed E-state index contributed by atoms with van der Waals surface area (Å²) in [5.74, 6) is -2.33. The van der Waals surface area contributed by atoms with Crippen molar-refractivity contribution in [2.24, 2.45) is 5.73 Å². The molecule has 29 heavy (non-hydrogen) atoms. The first-order valence-electron chi connectivity index (χ1n) is 8.58. The lowest BCUT2D eigenvalue weighted by molar-refractivity contribution is -0.149. The van der Waals surface area contributed by atoms with Gasteiger partial charge in [0.15, 0.2) is 6.23 Å². The fourth-order valence-electron chi connectivity index (χ4n) is 2.67. The van der Waals surface area contributed by atoms with Gasteiger partial charge in [-0.3, -0.25) is 14.4 Å². The van der Waals surface area contributed by atoms with E-state index in [-0.39, 0.29) is 19.0 Å². The van der Waals surface area contributed by atoms with Crippen molar-refractivity contribution in [1.29, 1.82) is 0 Å². The summed E-state index contributed by atoms with van der Waals surface area (Å²) in [7, 11) is 0. The number of ether oxygens (including phenoxy) is 2. The van der Waals surface area contributed by atoms with Crippen molar-refractivity contribution in [3.05, 3.63) is 48.0 Å². The van der Waals surface area contributed by atoms with Crippen molar-refractivity contribution < 1.29 is 34.1 Å². The highest BCUT2D eigenvalue weighted by Gasteiger charge is 2.45. The number of nitrogens with one attached hydrogen (secondary N) is 1. The lowest BCUT2D eigenvalue weighted by Gasteiger charge is -2.14. The van der Waals surface area contributed by atoms with Crippen molar-refractivity contribution in [3.63, 3.8) is 0 Å². The molecule has 0 saturated carbocycles. The van der Waals surface area contributed by atoms with Gasteiger partial charge in [-0.15, -0.1) is 5.10 Å². The molecule has 0 unspecified atom stereocenters. The molecule has 0 bridgehead atoms. The molecule has 154 valence electrons. The van der Waals surface area contributed by atoms with E-state index < -0.39 is 42.3 Å². The number of carbonyl (C=O) groups excluding carboxylic acids is 3. The third-order valence-electron chi connectivity index (χ3n) is 4.16. The van der Waals surface area contributed by atoms with Gasteiger partial charge in [0.2, 0.25) is 5.82 Å². The van der Waals surface area contributed by atoms with Gasteiger partial charge in [-0.05, 0) is 12.1 Å². The van der Waals surface area contributed by atoms with Gasteiger partial charge >= 0.3 is 5.97 Å². The predicted octanol–water partition coefficient (Wildman–Crippen LogP) is -2.03. The van der Waals surface area contributed by atoms with Crippen LogP contribution in [-0.2, 0) is 14.3 Å². The average molecular weight is 405 g/mol. The third kappa shape index (κ3) is 4.74. The summed E-state index contributed by atoms with van der Waals surface area (Å²) >= 11 is 0. The maximum atomic E-state index is 11.9. The van der Waals surface area contributed by atoms with Gasteiger partial charge in [-0.1, -0.05) is 18.2 Å². The van der Waals surface area contributed by atoms with Crippen LogP contribution in [0.2, 0.25) is 0 Å². The number of aliphatic hydroxyl groups excluding tert-OH is 2. The Balaban J connectivity index is 1.49. The van der Waals surface area contributed by atoms with Crippen LogP contribution in [0.1, 0.15) is 27.2 Å². The number of nitrogens with two attached hydrogens (primary N) is 1. The molecular formula is C17H19N5O7. The van der Waals surface area contributed by atoms with E-state index in [9.17, 15) is 24.6 Å². The molecule has 1 aromatic heterocycles. The van der Waals surface area contributed by atoms with Crippen LogP contribution in [-0.4, -0.2) is 74.2 Å². The Labute approximate surface area is 164 Å². The zero-order chi connectivity index (χ0) is 21.0. The number of aliphatic hydroxyl groups is 2. The molecular weight excluding hydrogens is 386 g/mol. The topological polar surface area (TPSA) is 179 Å². The second-order valence-electron chi connectivity index (χ2n) is 6.19. The van der Waals surface area contributed by atoms with Crippen LogP contribution in [0.4, 0.5) is 0 Å². The number of benzene rings is 1. The minimum absolute atomic E-state index is 0.278. The molecule has 1 aliphatic heterocycles. The summed E-state index contributed by atoms with van der Waals surface area (Å²) in [6, 6.07) is 8.33. The number of amides is 2. The molecule has 12 nitrogen and oxygen atoms in total. The molecule has 0 radical (unpaired) electrons. The zero-order valence-corrected chi connectivity index (χ0v) is 15.0. The van der Waals surface area contributed by atoms with Crippen LogP contribution in [0.3, 0.4) is 0 Å². The highest BCUT2D eigenvalue weighted by molar-refractivity contribution is 5.95. The molecule has 2 amide bonds. The fourth-order valence-corrected chi connectivity index (χ4v) is 2.67. The molecule has 1 aromatic carbocycles. The Morgan fingerprint density at radius 3 is 2.59 bits per heavy atom. The minimum atomic E-state index is -1.40. The summed E-state index contributed by atoms with van der Waals surface area (Å²) < 4.78 is 11.5. The second kappa shape index (κ2) is 8.77. The van der Waals surface area contributed by atoms with E-state index >= 15 is 0 Å². The van der Waals surface area contributed by atoms with Crippen LogP contribution >= 0.6 is 0 Å². The molecule has 3 rings (SSSR count). The highest BCUT2D eigenvalue weighted by Crippen LogP contribution is 2.28. The van der Waals surface area contributed by atoms with Gasteiger partial charge < -0.3 is 30.7 Å². The molecule has 0 aliphatic carbocycles. The molecule has 0 spiro atoms. The van der Waals surface area contributed by atoms with Crippen molar-refractivity contribution in [2.75, 3.05) is 13.2 Å². The summed E-state index contributed by atoms with van der Waals surface area (Å²) in [6.07, 6.45) is -3.86. The van der Waals surface area contributed by atoms with Gasteiger partial charge in [0.25, 0.3) is 11.8 Å². The van der Waals surface area contributed by atoms with Crippen LogP contribution < -0.4 is 11.1 Å². The first-order valence-corrected chi connectivity index (χ1v) is 8.58. The van der Waals surface area contributed by atoms with Crippen LogP contribution in [0.25, 0.3) is 0 Å². The summed E-state index contributed by atoms with van der Waals surface area (Å²) in [4.78, 5) is 38.5. The number of aromatic nitrogens is 3. The Morgan fingerprint density at radius 2 is 1.93 bits per heavy atom. The Kier molecular flexibility index (Phi) is 6.16. The van der Waals surface area contributed by atoms with Gasteiger partial charge in [-0.25, -0.2) is 9.67 Å². The van der Waals surface area contributed by atoms with E-state index in [0.717, 1.165) is 11.0 Å². The lowest BCUT2D eigenvalue weighted by Crippen LogP contribution is -2.36. The fraction of sp³-hybridized carbons (Fsp3) is 0.353. The molecule has 4 atom stereocenters. The van der Waals surface area contributed by atoms with Crippen molar-refractivity contribution in [3.8, 4) is 0 Å². The number of carbonyl (C=O) groups is 3. The zero-order valence-electron chi connectivity index (χ0n) is 15.0. The number of primary amides is 1. The number of esters is 1. The smallest absolute Gasteiger partial charge is 0.325 e. The van der Waals surface area contributed by atoms with E-state index in [1.165, 1.54) is 0 Å². The third-order valence-corrected chi connectivity index (χ3v) is 4.16.